The van der Waals surface area contributed by atoms with Crippen LogP contribution in [-0.4, -0.2) is 46.8 Å². The number of piperidine rings is 2. The van der Waals surface area contributed by atoms with Crippen molar-refractivity contribution in [1.29, 1.82) is 0 Å². The fraction of sp³-hybridized carbons (Fsp3) is 0.591. The van der Waals surface area contributed by atoms with Crippen LogP contribution in [-0.2, 0) is 22.7 Å². The molecule has 7 nitrogen and oxygen atoms in total. The molecule has 2 unspecified atom stereocenters. The second-order valence-electron chi connectivity index (χ2n) is 8.97. The normalized spacial score (nSPS) is 28.3. The van der Waals surface area contributed by atoms with Gasteiger partial charge in [-0.05, 0) is 62.3 Å². The third kappa shape index (κ3) is 3.36. The molecule has 0 aromatic heterocycles. The number of nitrogens with one attached hydrogen (secondary N) is 3. The lowest BCUT2D eigenvalue weighted by Gasteiger charge is -2.48. The van der Waals surface area contributed by atoms with E-state index in [1.807, 2.05) is 12.1 Å². The van der Waals surface area contributed by atoms with Crippen molar-refractivity contribution in [2.24, 2.45) is 0 Å². The fourth-order valence-electron chi connectivity index (χ4n) is 5.39. The molecule has 2 saturated heterocycles. The SMILES string of the molecule is O=C1CCC(N2Cc3c(CNC4CCNC5(CCC5)C4)cccc3C2=O)C(=O)N1. The number of hydrogen-bond donors (Lipinski definition) is 3. The van der Waals surface area contributed by atoms with Crippen LogP contribution in [0.2, 0.25) is 0 Å². The van der Waals surface area contributed by atoms with Gasteiger partial charge >= 0.3 is 0 Å². The van der Waals surface area contributed by atoms with Crippen molar-refractivity contribution in [3.05, 3.63) is 34.9 Å². The summed E-state index contributed by atoms with van der Waals surface area (Å²) < 4.78 is 0. The van der Waals surface area contributed by atoms with Crippen molar-refractivity contribution >= 4 is 17.7 Å². The molecule has 7 heteroatoms. The number of rotatable bonds is 4. The Labute approximate surface area is 170 Å². The highest BCUT2D eigenvalue weighted by molar-refractivity contribution is 6.05. The van der Waals surface area contributed by atoms with E-state index in [2.05, 4.69) is 22.0 Å². The zero-order chi connectivity index (χ0) is 20.0. The highest BCUT2D eigenvalue weighted by Gasteiger charge is 2.41. The van der Waals surface area contributed by atoms with Crippen LogP contribution in [0, 0.1) is 0 Å². The minimum absolute atomic E-state index is 0.105. The average molecular weight is 396 g/mol. The molecule has 1 aliphatic carbocycles. The number of imide groups is 1. The number of carbonyl (C=O) groups excluding carboxylic acids is 3. The first-order chi connectivity index (χ1) is 14.0. The molecule has 1 spiro atoms. The molecule has 4 aliphatic rings. The standard InChI is InChI=1S/C22H28N4O3/c27-19-6-5-18(20(28)25-19)26-13-17-14(3-1-4-16(17)21(26)29)12-23-15-7-10-24-22(11-15)8-2-9-22/h1,3-4,15,18,23-24H,2,5-13H2,(H,25,27,28). The van der Waals surface area contributed by atoms with Gasteiger partial charge in [-0.2, -0.15) is 0 Å². The first-order valence-electron chi connectivity index (χ1n) is 10.8. The number of benzene rings is 1. The van der Waals surface area contributed by atoms with Gasteiger partial charge in [0.05, 0.1) is 0 Å². The quantitative estimate of drug-likeness (QED) is 0.666. The van der Waals surface area contributed by atoms with E-state index in [0.717, 1.165) is 30.6 Å². The van der Waals surface area contributed by atoms with E-state index in [9.17, 15) is 14.4 Å². The largest absolute Gasteiger partial charge is 0.322 e. The Morgan fingerprint density at radius 3 is 2.79 bits per heavy atom. The average Bonchev–Trinajstić information content (AvgIpc) is 3.02. The first kappa shape index (κ1) is 18.8. The summed E-state index contributed by atoms with van der Waals surface area (Å²) in [6, 6.07) is 5.79. The van der Waals surface area contributed by atoms with Crippen LogP contribution in [0.4, 0.5) is 0 Å². The van der Waals surface area contributed by atoms with Crippen LogP contribution in [0.5, 0.6) is 0 Å². The molecule has 2 atom stereocenters. The number of carbonyl (C=O) groups is 3. The van der Waals surface area contributed by atoms with E-state index in [-0.39, 0.29) is 24.1 Å². The van der Waals surface area contributed by atoms with Gasteiger partial charge in [0.1, 0.15) is 6.04 Å². The maximum Gasteiger partial charge on any atom is 0.255 e. The second-order valence-corrected chi connectivity index (χ2v) is 8.97. The molecule has 29 heavy (non-hydrogen) atoms. The summed E-state index contributed by atoms with van der Waals surface area (Å²) in [5.74, 6) is -0.722. The Bertz CT molecular complexity index is 864. The summed E-state index contributed by atoms with van der Waals surface area (Å²) in [5, 5.41) is 9.79. The van der Waals surface area contributed by atoms with Crippen molar-refractivity contribution in [1.82, 2.24) is 20.9 Å². The van der Waals surface area contributed by atoms with Gasteiger partial charge in [0.2, 0.25) is 11.8 Å². The summed E-state index contributed by atoms with van der Waals surface area (Å²) >= 11 is 0. The van der Waals surface area contributed by atoms with E-state index >= 15 is 0 Å². The van der Waals surface area contributed by atoms with Crippen LogP contribution in [0.25, 0.3) is 0 Å². The fourth-order valence-corrected chi connectivity index (χ4v) is 5.39. The summed E-state index contributed by atoms with van der Waals surface area (Å²) in [6.45, 7) is 2.24. The number of nitrogens with zero attached hydrogens (tertiary/aromatic N) is 1. The molecule has 3 amide bonds. The number of hydrogen-bond acceptors (Lipinski definition) is 5. The zero-order valence-electron chi connectivity index (χ0n) is 16.6. The molecule has 5 rings (SSSR count). The minimum Gasteiger partial charge on any atom is -0.322 e. The molecule has 0 bridgehead atoms. The highest BCUT2D eigenvalue weighted by atomic mass is 16.2. The van der Waals surface area contributed by atoms with Crippen LogP contribution >= 0.6 is 0 Å². The van der Waals surface area contributed by atoms with Gasteiger partial charge in [-0.25, -0.2) is 0 Å². The Balaban J connectivity index is 1.28. The molecule has 154 valence electrons. The van der Waals surface area contributed by atoms with Crippen LogP contribution in [0.1, 0.15) is 66.4 Å². The van der Waals surface area contributed by atoms with Gasteiger partial charge in [-0.1, -0.05) is 12.1 Å². The van der Waals surface area contributed by atoms with Crippen molar-refractivity contribution in [3.63, 3.8) is 0 Å². The third-order valence-corrected chi connectivity index (χ3v) is 7.20. The smallest absolute Gasteiger partial charge is 0.255 e. The van der Waals surface area contributed by atoms with Crippen LogP contribution < -0.4 is 16.0 Å². The lowest BCUT2D eigenvalue weighted by molar-refractivity contribution is -0.136. The molecular weight excluding hydrogens is 368 g/mol. The molecule has 3 aliphatic heterocycles. The summed E-state index contributed by atoms with van der Waals surface area (Å²) in [5.41, 5.74) is 3.19. The molecule has 1 aromatic carbocycles. The predicted octanol–water partition coefficient (Wildman–Crippen LogP) is 1.21. The third-order valence-electron chi connectivity index (χ3n) is 7.20. The summed E-state index contributed by atoms with van der Waals surface area (Å²) in [6.07, 6.45) is 6.85. The van der Waals surface area contributed by atoms with E-state index in [0.29, 0.717) is 30.1 Å². The molecule has 3 heterocycles. The van der Waals surface area contributed by atoms with Crippen LogP contribution in [0.3, 0.4) is 0 Å². The molecule has 3 fully saturated rings. The van der Waals surface area contributed by atoms with Crippen molar-refractivity contribution in [2.45, 2.75) is 75.7 Å². The summed E-state index contributed by atoms with van der Waals surface area (Å²) in [7, 11) is 0. The second kappa shape index (κ2) is 7.22. The maximum absolute atomic E-state index is 12.9. The monoisotopic (exact) mass is 396 g/mol. The number of fused-ring (bicyclic) bond motifs is 1. The van der Waals surface area contributed by atoms with Gasteiger partial charge in [0.15, 0.2) is 0 Å². The van der Waals surface area contributed by atoms with Gasteiger partial charge in [-0.15, -0.1) is 0 Å². The van der Waals surface area contributed by atoms with E-state index in [4.69, 9.17) is 0 Å². The predicted molar refractivity (Wildman–Crippen MR) is 107 cm³/mol. The summed E-state index contributed by atoms with van der Waals surface area (Å²) in [4.78, 5) is 38.3. The molecular formula is C22H28N4O3. The van der Waals surface area contributed by atoms with E-state index in [1.54, 1.807) is 4.90 Å². The van der Waals surface area contributed by atoms with Crippen molar-refractivity contribution < 1.29 is 14.4 Å². The van der Waals surface area contributed by atoms with Crippen molar-refractivity contribution in [3.8, 4) is 0 Å². The first-order valence-corrected chi connectivity index (χ1v) is 10.8. The maximum atomic E-state index is 12.9. The van der Waals surface area contributed by atoms with Gasteiger partial charge in [-0.3, -0.25) is 19.7 Å². The Hall–Kier alpha value is -2.25. The zero-order valence-corrected chi connectivity index (χ0v) is 16.6. The van der Waals surface area contributed by atoms with E-state index < -0.39 is 6.04 Å². The highest BCUT2D eigenvalue weighted by Crippen LogP contribution is 2.38. The van der Waals surface area contributed by atoms with Gasteiger partial charge < -0.3 is 15.5 Å². The Kier molecular flexibility index (Phi) is 4.67. The topological polar surface area (TPSA) is 90.5 Å². The molecule has 1 saturated carbocycles. The van der Waals surface area contributed by atoms with Gasteiger partial charge in [0, 0.05) is 36.7 Å². The van der Waals surface area contributed by atoms with Crippen LogP contribution in [0.15, 0.2) is 18.2 Å². The van der Waals surface area contributed by atoms with E-state index in [1.165, 1.54) is 25.7 Å². The Morgan fingerprint density at radius 1 is 1.17 bits per heavy atom. The lowest BCUT2D eigenvalue weighted by Crippen LogP contribution is -2.59. The minimum atomic E-state index is -0.559. The molecule has 0 radical (unpaired) electrons. The van der Waals surface area contributed by atoms with Crippen molar-refractivity contribution in [2.75, 3.05) is 6.54 Å². The van der Waals surface area contributed by atoms with Gasteiger partial charge in [0.25, 0.3) is 5.91 Å². The Morgan fingerprint density at radius 2 is 2.03 bits per heavy atom. The number of amides is 3. The molecule has 1 aromatic rings. The lowest BCUT2D eigenvalue weighted by atomic mass is 9.70. The molecule has 3 N–H and O–H groups in total.